The predicted molar refractivity (Wildman–Crippen MR) is 62.4 cm³/mol. The van der Waals surface area contributed by atoms with Crippen LogP contribution in [0.2, 0.25) is 5.02 Å². The van der Waals surface area contributed by atoms with E-state index in [2.05, 4.69) is 10.5 Å². The first-order valence-electron chi connectivity index (χ1n) is 5.29. The Kier molecular flexibility index (Phi) is 2.42. The summed E-state index contributed by atoms with van der Waals surface area (Å²) in [4.78, 5) is 0. The van der Waals surface area contributed by atoms with Crippen LogP contribution in [0.1, 0.15) is 11.3 Å². The molecule has 2 heterocycles. The van der Waals surface area contributed by atoms with Crippen LogP contribution in [0.15, 0.2) is 28.8 Å². The molecule has 0 saturated carbocycles. The van der Waals surface area contributed by atoms with Gasteiger partial charge >= 0.3 is 0 Å². The van der Waals surface area contributed by atoms with E-state index in [9.17, 15) is 0 Å². The zero-order valence-electron chi connectivity index (χ0n) is 8.66. The molecule has 1 aliphatic heterocycles. The molecule has 0 atom stereocenters. The zero-order chi connectivity index (χ0) is 11.0. The van der Waals surface area contributed by atoms with Crippen molar-refractivity contribution in [1.29, 1.82) is 0 Å². The van der Waals surface area contributed by atoms with Crippen LogP contribution >= 0.6 is 11.6 Å². The molecule has 16 heavy (non-hydrogen) atoms. The first-order chi connectivity index (χ1) is 7.86. The number of benzene rings is 1. The fraction of sp³-hybridized carbons (Fsp3) is 0.250. The van der Waals surface area contributed by atoms with E-state index < -0.39 is 0 Å². The van der Waals surface area contributed by atoms with Gasteiger partial charge in [-0.25, -0.2) is 0 Å². The van der Waals surface area contributed by atoms with Crippen molar-refractivity contribution in [2.75, 3.05) is 6.54 Å². The van der Waals surface area contributed by atoms with Gasteiger partial charge in [0.15, 0.2) is 5.76 Å². The maximum atomic E-state index is 6.15. The van der Waals surface area contributed by atoms with Gasteiger partial charge in [-0.15, -0.1) is 0 Å². The second-order valence-electron chi connectivity index (χ2n) is 3.84. The molecule has 3 rings (SSSR count). The van der Waals surface area contributed by atoms with Crippen molar-refractivity contribution in [1.82, 2.24) is 10.5 Å². The van der Waals surface area contributed by atoms with E-state index in [-0.39, 0.29) is 0 Å². The second-order valence-corrected chi connectivity index (χ2v) is 4.25. The number of hydrogen-bond acceptors (Lipinski definition) is 3. The Hall–Kier alpha value is -1.32. The minimum absolute atomic E-state index is 0.701. The van der Waals surface area contributed by atoms with Crippen molar-refractivity contribution in [3.8, 4) is 11.3 Å². The van der Waals surface area contributed by atoms with Crippen molar-refractivity contribution in [3.63, 3.8) is 0 Å². The van der Waals surface area contributed by atoms with E-state index >= 15 is 0 Å². The zero-order valence-corrected chi connectivity index (χ0v) is 9.42. The maximum Gasteiger partial charge on any atom is 0.173 e. The van der Waals surface area contributed by atoms with Crippen LogP contribution in [0.3, 0.4) is 0 Å². The van der Waals surface area contributed by atoms with Gasteiger partial charge in [0.05, 0.1) is 10.7 Å². The van der Waals surface area contributed by atoms with Gasteiger partial charge in [0, 0.05) is 30.6 Å². The van der Waals surface area contributed by atoms with Crippen LogP contribution in [0, 0.1) is 0 Å². The van der Waals surface area contributed by atoms with Crippen molar-refractivity contribution < 1.29 is 4.52 Å². The minimum Gasteiger partial charge on any atom is -0.356 e. The Labute approximate surface area is 98.4 Å². The van der Waals surface area contributed by atoms with E-state index in [1.807, 2.05) is 24.3 Å². The molecule has 0 spiro atoms. The van der Waals surface area contributed by atoms with Gasteiger partial charge < -0.3 is 9.84 Å². The fourth-order valence-corrected chi connectivity index (χ4v) is 2.22. The van der Waals surface area contributed by atoms with Crippen molar-refractivity contribution in [2.24, 2.45) is 0 Å². The van der Waals surface area contributed by atoms with Crippen molar-refractivity contribution in [3.05, 3.63) is 40.5 Å². The lowest BCUT2D eigenvalue weighted by molar-refractivity contribution is 0.423. The van der Waals surface area contributed by atoms with Crippen LogP contribution in [0.25, 0.3) is 11.3 Å². The Morgan fingerprint density at radius 1 is 1.31 bits per heavy atom. The highest BCUT2D eigenvalue weighted by Crippen LogP contribution is 2.32. The Bertz CT molecular complexity index is 521. The molecule has 1 aromatic heterocycles. The largest absolute Gasteiger partial charge is 0.356 e. The standard InChI is InChI=1S/C12H11ClN2O/c13-10-4-2-1-3-8(10)12-9-7-14-6-5-11(9)15-16-12/h1-4,14H,5-7H2. The highest BCUT2D eigenvalue weighted by molar-refractivity contribution is 6.33. The van der Waals surface area contributed by atoms with Crippen LogP contribution in [0.4, 0.5) is 0 Å². The Morgan fingerprint density at radius 2 is 2.19 bits per heavy atom. The van der Waals surface area contributed by atoms with E-state index in [1.54, 1.807) is 0 Å². The molecule has 0 aliphatic carbocycles. The van der Waals surface area contributed by atoms with Crippen LogP contribution in [-0.4, -0.2) is 11.7 Å². The Balaban J connectivity index is 2.13. The third-order valence-corrected chi connectivity index (χ3v) is 3.16. The summed E-state index contributed by atoms with van der Waals surface area (Å²) in [5.41, 5.74) is 3.11. The smallest absolute Gasteiger partial charge is 0.173 e. The Morgan fingerprint density at radius 3 is 3.06 bits per heavy atom. The maximum absolute atomic E-state index is 6.15. The van der Waals surface area contributed by atoms with Crippen molar-refractivity contribution in [2.45, 2.75) is 13.0 Å². The normalized spacial score (nSPS) is 14.8. The molecule has 0 unspecified atom stereocenters. The number of nitrogens with one attached hydrogen (secondary N) is 1. The summed E-state index contributed by atoms with van der Waals surface area (Å²) in [6, 6.07) is 7.68. The SMILES string of the molecule is Clc1ccccc1-c1onc2c1CNCC2. The monoisotopic (exact) mass is 234 g/mol. The molecule has 0 fully saturated rings. The molecule has 3 nitrogen and oxygen atoms in total. The summed E-state index contributed by atoms with van der Waals surface area (Å²) in [5.74, 6) is 0.799. The molecule has 2 aromatic rings. The summed E-state index contributed by atoms with van der Waals surface area (Å²) in [6.07, 6.45) is 0.920. The van der Waals surface area contributed by atoms with E-state index in [0.29, 0.717) is 5.02 Å². The molecule has 0 saturated heterocycles. The lowest BCUT2D eigenvalue weighted by Crippen LogP contribution is -2.23. The summed E-state index contributed by atoms with van der Waals surface area (Å²) < 4.78 is 5.41. The second kappa shape index (κ2) is 3.92. The topological polar surface area (TPSA) is 38.1 Å². The molecule has 0 amide bonds. The number of hydrogen-bond donors (Lipinski definition) is 1. The minimum atomic E-state index is 0.701. The number of nitrogens with zero attached hydrogens (tertiary/aromatic N) is 1. The van der Waals surface area contributed by atoms with Gasteiger partial charge in [0.25, 0.3) is 0 Å². The number of fused-ring (bicyclic) bond motifs is 1. The number of aromatic nitrogens is 1. The van der Waals surface area contributed by atoms with Gasteiger partial charge in [-0.1, -0.05) is 28.9 Å². The molecule has 4 heteroatoms. The highest BCUT2D eigenvalue weighted by atomic mass is 35.5. The molecule has 0 bridgehead atoms. The average molecular weight is 235 g/mol. The van der Waals surface area contributed by atoms with Crippen LogP contribution < -0.4 is 5.32 Å². The fourth-order valence-electron chi connectivity index (χ4n) is 2.00. The number of rotatable bonds is 1. The lowest BCUT2D eigenvalue weighted by Gasteiger charge is -2.11. The highest BCUT2D eigenvalue weighted by Gasteiger charge is 2.21. The molecular formula is C12H11ClN2O. The van der Waals surface area contributed by atoms with Crippen LogP contribution in [-0.2, 0) is 13.0 Å². The van der Waals surface area contributed by atoms with Gasteiger partial charge in [-0.2, -0.15) is 0 Å². The van der Waals surface area contributed by atoms with E-state index in [4.69, 9.17) is 16.1 Å². The summed E-state index contributed by atoms with van der Waals surface area (Å²) in [7, 11) is 0. The summed E-state index contributed by atoms with van der Waals surface area (Å²) in [6.45, 7) is 1.76. The van der Waals surface area contributed by atoms with Gasteiger partial charge in [-0.05, 0) is 12.1 Å². The lowest BCUT2D eigenvalue weighted by atomic mass is 10.0. The molecule has 0 radical (unpaired) electrons. The summed E-state index contributed by atoms with van der Waals surface area (Å²) >= 11 is 6.15. The quantitative estimate of drug-likeness (QED) is 0.825. The van der Waals surface area contributed by atoms with Gasteiger partial charge in [-0.3, -0.25) is 0 Å². The molecule has 82 valence electrons. The summed E-state index contributed by atoms with van der Waals surface area (Å²) in [5, 5.41) is 8.12. The average Bonchev–Trinajstić information content (AvgIpc) is 2.74. The first kappa shape index (κ1) is 9.87. The first-order valence-corrected chi connectivity index (χ1v) is 5.67. The molecule has 1 aliphatic rings. The third kappa shape index (κ3) is 1.52. The predicted octanol–water partition coefficient (Wildman–Crippen LogP) is 2.64. The van der Waals surface area contributed by atoms with Gasteiger partial charge in [0.2, 0.25) is 0 Å². The molecular weight excluding hydrogens is 224 g/mol. The van der Waals surface area contributed by atoms with Gasteiger partial charge in [0.1, 0.15) is 0 Å². The molecule has 1 aromatic carbocycles. The van der Waals surface area contributed by atoms with Crippen LogP contribution in [0.5, 0.6) is 0 Å². The third-order valence-electron chi connectivity index (χ3n) is 2.83. The molecule has 1 N–H and O–H groups in total. The number of halogens is 1. The van der Waals surface area contributed by atoms with Crippen molar-refractivity contribution >= 4 is 11.6 Å². The van der Waals surface area contributed by atoms with E-state index in [1.165, 1.54) is 0 Å². The van der Waals surface area contributed by atoms with E-state index in [0.717, 1.165) is 42.1 Å².